The molecule has 0 aromatic heterocycles. The highest BCUT2D eigenvalue weighted by Gasteiger charge is 2.36. The van der Waals surface area contributed by atoms with Gasteiger partial charge in [-0.2, -0.15) is 0 Å². The number of rotatable bonds is 4. The third-order valence-corrected chi connectivity index (χ3v) is 5.94. The fourth-order valence-corrected chi connectivity index (χ4v) is 4.35. The summed E-state index contributed by atoms with van der Waals surface area (Å²) < 4.78 is 24.9. The Hall–Kier alpha value is -2.66. The molecule has 1 saturated heterocycles. The van der Waals surface area contributed by atoms with Gasteiger partial charge in [0.2, 0.25) is 0 Å². The minimum Gasteiger partial charge on any atom is -0.493 e. The number of ether oxygens (including phenoxy) is 4. The minimum atomic E-state index is -1.19. The summed E-state index contributed by atoms with van der Waals surface area (Å²) >= 11 is 6.23. The molecular weight excluding hydrogens is 426 g/mol. The Morgan fingerprint density at radius 1 is 1.19 bits per heavy atom. The minimum absolute atomic E-state index is 0.242. The van der Waals surface area contributed by atoms with Crippen molar-refractivity contribution >= 4 is 23.9 Å². The lowest BCUT2D eigenvalue weighted by Crippen LogP contribution is -2.17. The summed E-state index contributed by atoms with van der Waals surface area (Å²) in [6.07, 6.45) is 9.03. The zero-order valence-corrected chi connectivity index (χ0v) is 20.6. The molecule has 2 bridgehead atoms. The van der Waals surface area contributed by atoms with Crippen LogP contribution in [0.1, 0.15) is 45.2 Å². The molecule has 6 heteroatoms. The van der Waals surface area contributed by atoms with Gasteiger partial charge in [0.15, 0.2) is 35.8 Å². The normalized spacial score (nSPS) is 25.1. The lowest BCUT2D eigenvalue weighted by atomic mass is 9.89. The van der Waals surface area contributed by atoms with E-state index in [1.807, 2.05) is 19.9 Å². The maximum Gasteiger partial charge on any atom is 0.329 e. The number of fused-ring (bicyclic) bond motifs is 3. The molecule has 0 amide bonds. The van der Waals surface area contributed by atoms with E-state index in [1.165, 1.54) is 11.1 Å². The van der Waals surface area contributed by atoms with Crippen molar-refractivity contribution in [3.63, 3.8) is 0 Å². The van der Waals surface area contributed by atoms with Crippen molar-refractivity contribution in [2.24, 2.45) is 5.92 Å². The zero-order valence-electron chi connectivity index (χ0n) is 19.8. The van der Waals surface area contributed by atoms with Gasteiger partial charge in [0, 0.05) is 24.8 Å². The Kier molecular flexibility index (Phi) is 7.40. The first kappa shape index (κ1) is 24.0. The van der Waals surface area contributed by atoms with E-state index in [9.17, 15) is 0 Å². The highest BCUT2D eigenvalue weighted by atomic mass is 35.5. The third kappa shape index (κ3) is 4.73. The average molecular weight is 459 g/mol. The molecule has 0 aliphatic carbocycles. The highest BCUT2D eigenvalue weighted by Crippen LogP contribution is 2.39. The van der Waals surface area contributed by atoms with E-state index < -0.39 is 5.25 Å². The van der Waals surface area contributed by atoms with Gasteiger partial charge in [0.25, 0.3) is 0 Å². The van der Waals surface area contributed by atoms with Crippen LogP contribution in [0, 0.1) is 5.92 Å². The van der Waals surface area contributed by atoms with Crippen LogP contribution in [0.2, 0.25) is 0 Å². The largest absolute Gasteiger partial charge is 0.493 e. The Morgan fingerprint density at radius 3 is 2.56 bits per heavy atom. The van der Waals surface area contributed by atoms with E-state index in [2.05, 4.69) is 42.5 Å². The summed E-state index contributed by atoms with van der Waals surface area (Å²) in [5.74, 6) is 2.94. The molecule has 1 aromatic carbocycles. The van der Waals surface area contributed by atoms with Crippen LogP contribution >= 0.6 is 11.6 Å². The number of methoxy groups -OCH3 is 2. The van der Waals surface area contributed by atoms with Crippen molar-refractivity contribution < 1.29 is 23.5 Å². The van der Waals surface area contributed by atoms with E-state index >= 15 is 0 Å². The number of benzene rings is 1. The second-order valence-electron chi connectivity index (χ2n) is 7.79. The molecule has 3 heterocycles. The third-order valence-electron chi connectivity index (χ3n) is 5.79. The number of halogens is 1. The molecule has 2 atom stereocenters. The molecule has 0 saturated carbocycles. The maximum atomic E-state index is 6.23. The van der Waals surface area contributed by atoms with Crippen LogP contribution in [0.15, 0.2) is 53.5 Å². The van der Waals surface area contributed by atoms with Gasteiger partial charge in [-0.1, -0.05) is 39.0 Å². The number of hydrogen-bond donors (Lipinski definition) is 0. The molecule has 3 aliphatic rings. The van der Waals surface area contributed by atoms with Gasteiger partial charge < -0.3 is 18.9 Å². The van der Waals surface area contributed by atoms with Crippen LogP contribution in [0.3, 0.4) is 0 Å². The summed E-state index contributed by atoms with van der Waals surface area (Å²) in [5.41, 5.74) is 4.77. The Labute approximate surface area is 196 Å². The van der Waals surface area contributed by atoms with Crippen molar-refractivity contribution in [1.82, 2.24) is 0 Å². The fraction of sp³-hybridized carbons (Fsp3) is 0.423. The van der Waals surface area contributed by atoms with Gasteiger partial charge in [-0.3, -0.25) is 0 Å². The lowest BCUT2D eigenvalue weighted by molar-refractivity contribution is -0.512. The zero-order chi connectivity index (χ0) is 23.5. The van der Waals surface area contributed by atoms with E-state index in [1.54, 1.807) is 27.2 Å². The molecule has 3 aliphatic heterocycles. The summed E-state index contributed by atoms with van der Waals surface area (Å²) in [6, 6.07) is 4.04. The predicted molar refractivity (Wildman–Crippen MR) is 130 cm³/mol. The van der Waals surface area contributed by atoms with Crippen LogP contribution in [0.25, 0.3) is 6.08 Å². The summed E-state index contributed by atoms with van der Waals surface area (Å²) in [7, 11) is 3.34. The molecule has 1 aromatic rings. The number of allylic oxidation sites excluding steroid dienone is 2. The van der Waals surface area contributed by atoms with E-state index in [0.29, 0.717) is 11.5 Å². The van der Waals surface area contributed by atoms with E-state index in [4.69, 9.17) is 30.5 Å². The molecule has 5 nitrogen and oxygen atoms in total. The smallest absolute Gasteiger partial charge is 0.329 e. The summed E-state index contributed by atoms with van der Waals surface area (Å²) in [4.78, 5) is 0. The summed E-state index contributed by atoms with van der Waals surface area (Å²) in [5, 5.41) is -1.19. The molecule has 32 heavy (non-hydrogen) atoms. The Morgan fingerprint density at radius 2 is 1.91 bits per heavy atom. The van der Waals surface area contributed by atoms with Crippen LogP contribution in [0.5, 0.6) is 11.5 Å². The molecule has 172 valence electrons. The van der Waals surface area contributed by atoms with Crippen molar-refractivity contribution in [2.75, 3.05) is 27.3 Å². The quantitative estimate of drug-likeness (QED) is 0.417. The van der Waals surface area contributed by atoms with Crippen LogP contribution in [-0.2, 0) is 9.47 Å². The van der Waals surface area contributed by atoms with Crippen molar-refractivity contribution in [2.45, 2.75) is 39.4 Å². The number of nitrogens with zero attached hydrogens (tertiary/aromatic N) is 1. The van der Waals surface area contributed by atoms with Crippen molar-refractivity contribution in [3.8, 4) is 11.5 Å². The molecule has 0 radical (unpaired) electrons. The predicted octanol–water partition coefficient (Wildman–Crippen LogP) is 5.88. The number of alkyl halides is 1. The van der Waals surface area contributed by atoms with Gasteiger partial charge in [-0.15, -0.1) is 0 Å². The Bertz CT molecular complexity index is 1020. The topological polar surface area (TPSA) is 39.9 Å². The van der Waals surface area contributed by atoms with Crippen LogP contribution in [-0.4, -0.2) is 43.3 Å². The fourth-order valence-electron chi connectivity index (χ4n) is 4.19. The average Bonchev–Trinajstić information content (AvgIpc) is 2.90. The van der Waals surface area contributed by atoms with Crippen LogP contribution in [0.4, 0.5) is 0 Å². The van der Waals surface area contributed by atoms with Crippen molar-refractivity contribution in [3.05, 3.63) is 64.7 Å². The molecule has 4 rings (SSSR count). The van der Waals surface area contributed by atoms with Crippen molar-refractivity contribution in [1.29, 1.82) is 0 Å². The molecule has 2 unspecified atom stereocenters. The van der Waals surface area contributed by atoms with E-state index in [0.717, 1.165) is 42.1 Å². The van der Waals surface area contributed by atoms with Gasteiger partial charge in [0.05, 0.1) is 19.8 Å². The highest BCUT2D eigenvalue weighted by molar-refractivity contribution is 6.22. The first-order valence-electron chi connectivity index (χ1n) is 11.0. The van der Waals surface area contributed by atoms with Crippen LogP contribution < -0.4 is 9.47 Å². The SMILES string of the molecule is C=CC1=C(/C=C2/CC[N+]3=Cc4c(ccc(OC)c4OC)C=C(C3)C2C)OC(C)(Cl)O1.CC. The second-order valence-corrected chi connectivity index (χ2v) is 8.47. The van der Waals surface area contributed by atoms with Gasteiger partial charge >= 0.3 is 5.25 Å². The van der Waals surface area contributed by atoms with Gasteiger partial charge in [-0.25, -0.2) is 4.58 Å². The first-order chi connectivity index (χ1) is 15.3. The standard InChI is InChI=1S/C24H27ClNO4.C2H6/c1-6-20-22(30-24(3,25)29-20)12-16-9-10-26-13-18(15(16)2)11-17-7-8-21(27-4)23(28-5)19(17)14-26;1-2/h6-8,11-12,14-15H,1,9-10,13H2,2-5H3;1-2H3/q+1;/b16-12-;. The van der Waals surface area contributed by atoms with Gasteiger partial charge in [0.1, 0.15) is 6.54 Å². The number of hydrogen-bond acceptors (Lipinski definition) is 4. The maximum absolute atomic E-state index is 6.23. The van der Waals surface area contributed by atoms with E-state index in [-0.39, 0.29) is 5.92 Å². The molecule has 0 spiro atoms. The lowest BCUT2D eigenvalue weighted by Gasteiger charge is -2.16. The monoisotopic (exact) mass is 458 g/mol. The summed E-state index contributed by atoms with van der Waals surface area (Å²) in [6.45, 7) is 13.5. The second kappa shape index (κ2) is 9.86. The molecule has 1 fully saturated rings. The first-order valence-corrected chi connectivity index (χ1v) is 11.4. The molecular formula is C26H33ClNO4+. The van der Waals surface area contributed by atoms with Gasteiger partial charge in [-0.05, 0) is 41.5 Å². The molecule has 0 N–H and O–H groups in total. The Balaban J connectivity index is 0.00000141.